The first-order valence-corrected chi connectivity index (χ1v) is 6.58. The van der Waals surface area contributed by atoms with Gasteiger partial charge >= 0.3 is 5.97 Å². The van der Waals surface area contributed by atoms with E-state index in [1.807, 2.05) is 13.0 Å². The van der Waals surface area contributed by atoms with Crippen molar-refractivity contribution in [2.24, 2.45) is 5.92 Å². The van der Waals surface area contributed by atoms with Crippen LogP contribution in [-0.4, -0.2) is 22.1 Å². The summed E-state index contributed by atoms with van der Waals surface area (Å²) >= 11 is 0. The SMILES string of the molecule is Cc1cnccc1NC1CCCCCC1C(=O)O. The number of rotatable bonds is 3. The number of aromatic nitrogens is 1. The minimum absolute atomic E-state index is 0.0334. The molecule has 1 aromatic rings. The molecule has 1 aliphatic rings. The molecule has 1 aliphatic carbocycles. The molecule has 98 valence electrons. The highest BCUT2D eigenvalue weighted by molar-refractivity contribution is 5.72. The number of aryl methyl sites for hydroxylation is 1. The molecule has 0 bridgehead atoms. The monoisotopic (exact) mass is 248 g/mol. The van der Waals surface area contributed by atoms with Gasteiger partial charge in [0.1, 0.15) is 0 Å². The number of carbonyl (C=O) groups is 1. The summed E-state index contributed by atoms with van der Waals surface area (Å²) in [5, 5.41) is 12.7. The zero-order valence-electron chi connectivity index (χ0n) is 10.7. The Hall–Kier alpha value is -1.58. The van der Waals surface area contributed by atoms with E-state index in [0.29, 0.717) is 0 Å². The van der Waals surface area contributed by atoms with Crippen LogP contribution in [-0.2, 0) is 4.79 Å². The fraction of sp³-hybridized carbons (Fsp3) is 0.571. The minimum Gasteiger partial charge on any atom is -0.481 e. The molecule has 1 aromatic heterocycles. The maximum absolute atomic E-state index is 11.3. The van der Waals surface area contributed by atoms with Crippen LogP contribution in [0, 0.1) is 12.8 Å². The second kappa shape index (κ2) is 5.85. The van der Waals surface area contributed by atoms with Gasteiger partial charge in [-0.25, -0.2) is 0 Å². The molecule has 0 spiro atoms. The number of pyridine rings is 1. The number of aliphatic carboxylic acids is 1. The first-order chi connectivity index (χ1) is 8.68. The molecule has 0 aromatic carbocycles. The van der Waals surface area contributed by atoms with Gasteiger partial charge in [0.15, 0.2) is 0 Å². The van der Waals surface area contributed by atoms with Crippen LogP contribution in [0.5, 0.6) is 0 Å². The highest BCUT2D eigenvalue weighted by Crippen LogP contribution is 2.27. The third-order valence-corrected chi connectivity index (χ3v) is 3.69. The Morgan fingerprint density at radius 1 is 1.39 bits per heavy atom. The Kier molecular flexibility index (Phi) is 4.18. The molecule has 1 fully saturated rings. The Morgan fingerprint density at radius 2 is 2.17 bits per heavy atom. The van der Waals surface area contributed by atoms with Crippen LogP contribution < -0.4 is 5.32 Å². The predicted molar refractivity (Wildman–Crippen MR) is 70.6 cm³/mol. The normalized spacial score (nSPS) is 24.3. The Morgan fingerprint density at radius 3 is 2.89 bits per heavy atom. The van der Waals surface area contributed by atoms with Gasteiger partial charge in [0.05, 0.1) is 5.92 Å². The van der Waals surface area contributed by atoms with Crippen molar-refractivity contribution in [2.45, 2.75) is 45.1 Å². The van der Waals surface area contributed by atoms with Gasteiger partial charge in [-0.1, -0.05) is 19.3 Å². The van der Waals surface area contributed by atoms with E-state index in [-0.39, 0.29) is 12.0 Å². The number of hydrogen-bond acceptors (Lipinski definition) is 3. The van der Waals surface area contributed by atoms with Crippen LogP contribution in [0.15, 0.2) is 18.5 Å². The highest BCUT2D eigenvalue weighted by atomic mass is 16.4. The van der Waals surface area contributed by atoms with Gasteiger partial charge in [-0.05, 0) is 31.4 Å². The first-order valence-electron chi connectivity index (χ1n) is 6.58. The topological polar surface area (TPSA) is 62.2 Å². The van der Waals surface area contributed by atoms with Crippen LogP contribution in [0.3, 0.4) is 0 Å². The summed E-state index contributed by atoms with van der Waals surface area (Å²) in [4.78, 5) is 15.4. The highest BCUT2D eigenvalue weighted by Gasteiger charge is 2.29. The van der Waals surface area contributed by atoms with Crippen molar-refractivity contribution in [3.05, 3.63) is 24.0 Å². The zero-order valence-corrected chi connectivity index (χ0v) is 10.7. The predicted octanol–water partition coefficient (Wildman–Crippen LogP) is 2.84. The number of anilines is 1. The second-order valence-electron chi connectivity index (χ2n) is 5.02. The fourth-order valence-corrected chi connectivity index (χ4v) is 2.61. The van der Waals surface area contributed by atoms with Gasteiger partial charge in [0, 0.05) is 24.1 Å². The molecule has 0 aliphatic heterocycles. The van der Waals surface area contributed by atoms with Crippen LogP contribution >= 0.6 is 0 Å². The third-order valence-electron chi connectivity index (χ3n) is 3.69. The van der Waals surface area contributed by atoms with Crippen LogP contribution in [0.4, 0.5) is 5.69 Å². The second-order valence-corrected chi connectivity index (χ2v) is 5.02. The van der Waals surface area contributed by atoms with Crippen molar-refractivity contribution >= 4 is 11.7 Å². The quantitative estimate of drug-likeness (QED) is 0.807. The molecule has 4 nitrogen and oxygen atoms in total. The number of carboxylic acids is 1. The average molecular weight is 248 g/mol. The average Bonchev–Trinajstić information content (AvgIpc) is 2.57. The molecular weight excluding hydrogens is 228 g/mol. The van der Waals surface area contributed by atoms with Crippen molar-refractivity contribution in [2.75, 3.05) is 5.32 Å². The van der Waals surface area contributed by atoms with E-state index in [2.05, 4.69) is 10.3 Å². The maximum atomic E-state index is 11.3. The molecule has 2 unspecified atom stereocenters. The summed E-state index contributed by atoms with van der Waals surface area (Å²) in [7, 11) is 0. The standard InChI is InChI=1S/C14H20N2O2/c1-10-9-15-8-7-12(10)16-13-6-4-2-3-5-11(13)14(17)18/h7-9,11,13H,2-6H2,1H3,(H,15,16)(H,17,18). The molecule has 4 heteroatoms. The van der Waals surface area contributed by atoms with Crippen LogP contribution in [0.1, 0.15) is 37.7 Å². The summed E-state index contributed by atoms with van der Waals surface area (Å²) in [6, 6.07) is 1.95. The largest absolute Gasteiger partial charge is 0.481 e. The summed E-state index contributed by atoms with van der Waals surface area (Å²) in [6.45, 7) is 1.99. The van der Waals surface area contributed by atoms with E-state index in [4.69, 9.17) is 0 Å². The van der Waals surface area contributed by atoms with E-state index in [1.54, 1.807) is 12.4 Å². The molecule has 1 saturated carbocycles. The molecule has 0 saturated heterocycles. The Balaban J connectivity index is 2.14. The number of hydrogen-bond donors (Lipinski definition) is 2. The van der Waals surface area contributed by atoms with Gasteiger partial charge in [0.25, 0.3) is 0 Å². The molecular formula is C14H20N2O2. The van der Waals surface area contributed by atoms with Crippen LogP contribution in [0.2, 0.25) is 0 Å². The lowest BCUT2D eigenvalue weighted by Gasteiger charge is -2.24. The van der Waals surface area contributed by atoms with Gasteiger partial charge in [-0.15, -0.1) is 0 Å². The number of carboxylic acid groups (broad SMARTS) is 1. The van der Waals surface area contributed by atoms with Gasteiger partial charge < -0.3 is 10.4 Å². The van der Waals surface area contributed by atoms with E-state index in [9.17, 15) is 9.90 Å². The molecule has 0 radical (unpaired) electrons. The summed E-state index contributed by atoms with van der Waals surface area (Å²) in [5.74, 6) is -0.957. The summed E-state index contributed by atoms with van der Waals surface area (Å²) in [6.07, 6.45) is 8.50. The molecule has 2 atom stereocenters. The molecule has 2 N–H and O–H groups in total. The van der Waals surface area contributed by atoms with E-state index < -0.39 is 5.97 Å². The lowest BCUT2D eigenvalue weighted by molar-refractivity contribution is -0.142. The Bertz CT molecular complexity index is 420. The zero-order chi connectivity index (χ0) is 13.0. The lowest BCUT2D eigenvalue weighted by atomic mass is 9.94. The van der Waals surface area contributed by atoms with Gasteiger partial charge in [-0.2, -0.15) is 0 Å². The summed E-state index contributed by atoms with van der Waals surface area (Å²) in [5.41, 5.74) is 2.06. The van der Waals surface area contributed by atoms with Crippen molar-refractivity contribution in [1.29, 1.82) is 0 Å². The number of nitrogens with zero attached hydrogens (tertiary/aromatic N) is 1. The summed E-state index contributed by atoms with van der Waals surface area (Å²) < 4.78 is 0. The number of nitrogens with one attached hydrogen (secondary N) is 1. The molecule has 0 amide bonds. The smallest absolute Gasteiger partial charge is 0.308 e. The lowest BCUT2D eigenvalue weighted by Crippen LogP contribution is -2.33. The Labute approximate surface area is 107 Å². The van der Waals surface area contributed by atoms with E-state index in [0.717, 1.165) is 43.4 Å². The van der Waals surface area contributed by atoms with E-state index in [1.165, 1.54) is 0 Å². The van der Waals surface area contributed by atoms with Gasteiger partial charge in [0.2, 0.25) is 0 Å². The maximum Gasteiger partial charge on any atom is 0.308 e. The van der Waals surface area contributed by atoms with Crippen molar-refractivity contribution in [3.8, 4) is 0 Å². The van der Waals surface area contributed by atoms with Crippen molar-refractivity contribution < 1.29 is 9.90 Å². The molecule has 18 heavy (non-hydrogen) atoms. The van der Waals surface area contributed by atoms with Crippen molar-refractivity contribution in [3.63, 3.8) is 0 Å². The first kappa shape index (κ1) is 12.9. The molecule has 2 rings (SSSR count). The third kappa shape index (κ3) is 3.00. The molecule has 1 heterocycles. The van der Waals surface area contributed by atoms with Crippen LogP contribution in [0.25, 0.3) is 0 Å². The van der Waals surface area contributed by atoms with E-state index >= 15 is 0 Å². The van der Waals surface area contributed by atoms with Crippen molar-refractivity contribution in [1.82, 2.24) is 4.98 Å². The fourth-order valence-electron chi connectivity index (χ4n) is 2.61. The van der Waals surface area contributed by atoms with Gasteiger partial charge in [-0.3, -0.25) is 9.78 Å². The minimum atomic E-state index is -0.680.